The number of methoxy groups -OCH3 is 1. The van der Waals surface area contributed by atoms with Crippen LogP contribution >= 0.6 is 12.4 Å². The van der Waals surface area contributed by atoms with E-state index in [2.05, 4.69) is 27.7 Å². The highest BCUT2D eigenvalue weighted by Gasteiger charge is 2.26. The minimum Gasteiger partial charge on any atom is -0.497 e. The Morgan fingerprint density at radius 1 is 1.29 bits per heavy atom. The molecule has 28 heavy (non-hydrogen) atoms. The summed E-state index contributed by atoms with van der Waals surface area (Å²) in [5.41, 5.74) is 1.08. The van der Waals surface area contributed by atoms with Crippen molar-refractivity contribution in [2.75, 3.05) is 26.7 Å². The lowest BCUT2D eigenvalue weighted by Gasteiger charge is -2.34. The molecule has 1 aromatic heterocycles. The van der Waals surface area contributed by atoms with Crippen molar-refractivity contribution in [1.82, 2.24) is 20.8 Å². The highest BCUT2D eigenvalue weighted by atomic mass is 35.5. The van der Waals surface area contributed by atoms with Crippen LogP contribution in [-0.2, 0) is 11.2 Å². The van der Waals surface area contributed by atoms with Crippen LogP contribution in [0.3, 0.4) is 0 Å². The number of carbonyl (C=O) groups is 1. The molecule has 0 atom stereocenters. The van der Waals surface area contributed by atoms with Crippen LogP contribution in [0.4, 0.5) is 0 Å². The summed E-state index contributed by atoms with van der Waals surface area (Å²) in [5.74, 6) is 1.98. The molecule has 1 aliphatic heterocycles. The van der Waals surface area contributed by atoms with E-state index in [0.717, 1.165) is 43.8 Å². The molecular formula is C20H29ClN4O3. The lowest BCUT2D eigenvalue weighted by molar-refractivity contribution is -0.121. The summed E-state index contributed by atoms with van der Waals surface area (Å²) >= 11 is 0. The van der Waals surface area contributed by atoms with Crippen molar-refractivity contribution >= 4 is 18.3 Å². The van der Waals surface area contributed by atoms with E-state index in [1.807, 2.05) is 24.3 Å². The van der Waals surface area contributed by atoms with Crippen molar-refractivity contribution in [1.29, 1.82) is 0 Å². The van der Waals surface area contributed by atoms with Crippen LogP contribution in [0, 0.1) is 5.41 Å². The van der Waals surface area contributed by atoms with Crippen LogP contribution < -0.4 is 15.4 Å². The monoisotopic (exact) mass is 408 g/mol. The molecule has 2 heterocycles. The third-order valence-corrected chi connectivity index (χ3v) is 5.13. The van der Waals surface area contributed by atoms with Crippen molar-refractivity contribution < 1.29 is 14.1 Å². The largest absolute Gasteiger partial charge is 0.497 e. The second-order valence-electron chi connectivity index (χ2n) is 7.43. The van der Waals surface area contributed by atoms with Gasteiger partial charge in [0.05, 0.1) is 7.11 Å². The maximum atomic E-state index is 12.1. The van der Waals surface area contributed by atoms with E-state index in [0.29, 0.717) is 31.0 Å². The first kappa shape index (κ1) is 22.2. The van der Waals surface area contributed by atoms with Crippen molar-refractivity contribution in [3.63, 3.8) is 0 Å². The molecule has 2 N–H and O–H groups in total. The Morgan fingerprint density at radius 2 is 2.00 bits per heavy atom. The van der Waals surface area contributed by atoms with Crippen LogP contribution in [0.5, 0.6) is 5.75 Å². The topological polar surface area (TPSA) is 89.3 Å². The summed E-state index contributed by atoms with van der Waals surface area (Å²) < 4.78 is 10.4. The van der Waals surface area contributed by atoms with Gasteiger partial charge in [0.2, 0.25) is 17.6 Å². The number of hydrogen-bond donors (Lipinski definition) is 2. The van der Waals surface area contributed by atoms with Crippen LogP contribution in [0.15, 0.2) is 28.8 Å². The number of benzene rings is 1. The number of rotatable bonds is 8. The summed E-state index contributed by atoms with van der Waals surface area (Å²) in [6.07, 6.45) is 3.95. The van der Waals surface area contributed by atoms with Gasteiger partial charge in [-0.05, 0) is 62.0 Å². The van der Waals surface area contributed by atoms with E-state index in [4.69, 9.17) is 9.26 Å². The van der Waals surface area contributed by atoms with Gasteiger partial charge < -0.3 is 19.9 Å². The predicted octanol–water partition coefficient (Wildman–Crippen LogP) is 3.00. The Labute approximate surface area is 172 Å². The lowest BCUT2D eigenvalue weighted by Crippen LogP contribution is -2.42. The molecular weight excluding hydrogens is 380 g/mol. The summed E-state index contributed by atoms with van der Waals surface area (Å²) in [6.45, 7) is 5.04. The molecule has 3 rings (SSSR count). The molecule has 1 aromatic carbocycles. The summed E-state index contributed by atoms with van der Waals surface area (Å²) in [6, 6.07) is 7.50. The average Bonchev–Trinajstić information content (AvgIpc) is 3.16. The van der Waals surface area contributed by atoms with Gasteiger partial charge in [0, 0.05) is 24.9 Å². The number of piperidine rings is 1. The number of amides is 1. The molecule has 0 aliphatic carbocycles. The molecule has 0 radical (unpaired) electrons. The number of halogens is 1. The maximum absolute atomic E-state index is 12.1. The van der Waals surface area contributed by atoms with Crippen molar-refractivity contribution in [3.05, 3.63) is 30.2 Å². The summed E-state index contributed by atoms with van der Waals surface area (Å²) in [5, 5.41) is 10.4. The highest BCUT2D eigenvalue weighted by Crippen LogP contribution is 2.26. The van der Waals surface area contributed by atoms with Gasteiger partial charge in [-0.2, -0.15) is 4.98 Å². The third-order valence-electron chi connectivity index (χ3n) is 5.13. The number of nitrogens with zero attached hydrogens (tertiary/aromatic N) is 2. The second kappa shape index (κ2) is 10.4. The normalized spacial score (nSPS) is 15.5. The molecule has 1 fully saturated rings. The van der Waals surface area contributed by atoms with E-state index in [1.54, 1.807) is 7.11 Å². The first-order chi connectivity index (χ1) is 13.1. The minimum atomic E-state index is 0. The Bertz CT molecular complexity index is 742. The molecule has 2 aromatic rings. The number of carbonyl (C=O) groups excluding carboxylic acids is 1. The van der Waals surface area contributed by atoms with Crippen molar-refractivity contribution in [2.24, 2.45) is 5.41 Å². The minimum absolute atomic E-state index is 0. The lowest BCUT2D eigenvalue weighted by atomic mass is 9.81. The number of aryl methyl sites for hydroxylation is 1. The Kier molecular flexibility index (Phi) is 8.26. The first-order valence-electron chi connectivity index (χ1n) is 9.52. The Balaban J connectivity index is 0.00000280. The van der Waals surface area contributed by atoms with Gasteiger partial charge in [-0.25, -0.2) is 0 Å². The maximum Gasteiger partial charge on any atom is 0.226 e. The summed E-state index contributed by atoms with van der Waals surface area (Å²) in [7, 11) is 1.63. The van der Waals surface area contributed by atoms with Crippen LogP contribution in [0.2, 0.25) is 0 Å². The first-order valence-corrected chi connectivity index (χ1v) is 9.52. The Hall–Kier alpha value is -2.12. The van der Waals surface area contributed by atoms with E-state index < -0.39 is 0 Å². The van der Waals surface area contributed by atoms with Gasteiger partial charge >= 0.3 is 0 Å². The predicted molar refractivity (Wildman–Crippen MR) is 110 cm³/mol. The van der Waals surface area contributed by atoms with E-state index in [1.165, 1.54) is 0 Å². The number of nitrogens with one attached hydrogen (secondary N) is 2. The Morgan fingerprint density at radius 3 is 2.68 bits per heavy atom. The molecule has 1 aliphatic rings. The van der Waals surface area contributed by atoms with Gasteiger partial charge in [0.1, 0.15) is 5.75 Å². The molecule has 0 spiro atoms. The smallest absolute Gasteiger partial charge is 0.226 e. The highest BCUT2D eigenvalue weighted by molar-refractivity contribution is 5.85. The fourth-order valence-corrected chi connectivity index (χ4v) is 3.22. The van der Waals surface area contributed by atoms with Gasteiger partial charge in [-0.3, -0.25) is 4.79 Å². The second-order valence-corrected chi connectivity index (χ2v) is 7.43. The summed E-state index contributed by atoms with van der Waals surface area (Å²) in [4.78, 5) is 16.5. The van der Waals surface area contributed by atoms with E-state index >= 15 is 0 Å². The van der Waals surface area contributed by atoms with E-state index in [-0.39, 0.29) is 23.7 Å². The molecule has 0 bridgehead atoms. The van der Waals surface area contributed by atoms with Gasteiger partial charge in [-0.1, -0.05) is 12.1 Å². The van der Waals surface area contributed by atoms with Gasteiger partial charge in [0.25, 0.3) is 0 Å². The van der Waals surface area contributed by atoms with Crippen molar-refractivity contribution in [3.8, 4) is 17.1 Å². The molecule has 1 saturated heterocycles. The molecule has 7 nitrogen and oxygen atoms in total. The molecule has 1 amide bonds. The number of ether oxygens (including phenoxy) is 1. The number of hydrogen-bond acceptors (Lipinski definition) is 6. The SMILES string of the molecule is COc1ccc(-c2noc(CCCC(=O)NCC3(C)CCNCC3)n2)cc1.Cl. The quantitative estimate of drug-likeness (QED) is 0.697. The van der Waals surface area contributed by atoms with Crippen LogP contribution in [-0.4, -0.2) is 42.8 Å². The molecule has 154 valence electrons. The fourth-order valence-electron chi connectivity index (χ4n) is 3.22. The molecule has 8 heteroatoms. The van der Waals surface area contributed by atoms with E-state index in [9.17, 15) is 4.79 Å². The average molecular weight is 409 g/mol. The fraction of sp³-hybridized carbons (Fsp3) is 0.550. The molecule has 0 unspecified atom stereocenters. The van der Waals surface area contributed by atoms with Crippen molar-refractivity contribution in [2.45, 2.75) is 39.0 Å². The zero-order valence-corrected chi connectivity index (χ0v) is 17.3. The molecule has 0 saturated carbocycles. The third kappa shape index (κ3) is 6.21. The van der Waals surface area contributed by atoms with Gasteiger partial charge in [-0.15, -0.1) is 12.4 Å². The zero-order chi connectivity index (χ0) is 19.1. The van der Waals surface area contributed by atoms with Gasteiger partial charge in [0.15, 0.2) is 0 Å². The number of aromatic nitrogens is 2. The van der Waals surface area contributed by atoms with Crippen LogP contribution in [0.1, 0.15) is 38.5 Å². The zero-order valence-electron chi connectivity index (χ0n) is 16.5. The standard InChI is InChI=1S/C20H28N4O3.ClH/c1-20(10-12-21-13-11-20)14-22-17(25)4-3-5-18-23-19(24-27-18)15-6-8-16(26-2)9-7-15;/h6-9,21H,3-5,10-14H2,1-2H3,(H,22,25);1H. The van der Waals surface area contributed by atoms with Crippen LogP contribution in [0.25, 0.3) is 11.4 Å².